The minimum Gasteiger partial charge on any atom is -0.383 e. The topological polar surface area (TPSA) is 84.9 Å². The van der Waals surface area contributed by atoms with E-state index in [1.165, 1.54) is 0 Å². The van der Waals surface area contributed by atoms with Crippen LogP contribution in [-0.4, -0.2) is 39.7 Å². The second-order valence-electron chi connectivity index (χ2n) is 5.89. The van der Waals surface area contributed by atoms with E-state index < -0.39 is 0 Å². The SMILES string of the molecule is CCC(COC)Nc1cc(-c2ccnc(Nc3ccnc(Cl)c3)n2)ccn1. The zero-order chi connectivity index (χ0) is 19.1. The maximum atomic E-state index is 5.92. The average Bonchev–Trinajstić information content (AvgIpc) is 2.68. The van der Waals surface area contributed by atoms with E-state index in [0.29, 0.717) is 17.7 Å². The fraction of sp³-hybridized carbons (Fsp3) is 0.263. The van der Waals surface area contributed by atoms with Crippen molar-refractivity contribution < 1.29 is 4.74 Å². The summed E-state index contributed by atoms with van der Waals surface area (Å²) >= 11 is 5.92. The predicted molar refractivity (Wildman–Crippen MR) is 107 cm³/mol. The second kappa shape index (κ2) is 9.25. The fourth-order valence-corrected chi connectivity index (χ4v) is 2.70. The lowest BCUT2D eigenvalue weighted by Crippen LogP contribution is -2.24. The van der Waals surface area contributed by atoms with Gasteiger partial charge in [-0.15, -0.1) is 0 Å². The van der Waals surface area contributed by atoms with Crippen molar-refractivity contribution in [3.8, 4) is 11.3 Å². The minimum absolute atomic E-state index is 0.205. The highest BCUT2D eigenvalue weighted by Gasteiger charge is 2.09. The maximum Gasteiger partial charge on any atom is 0.227 e. The predicted octanol–water partition coefficient (Wildman–Crippen LogP) is 4.17. The summed E-state index contributed by atoms with van der Waals surface area (Å²) in [5, 5.41) is 6.92. The standard InChI is InChI=1S/C19H21ClN6O/c1-3-14(12-27-2)24-18-10-13(4-7-22-18)16-6-9-23-19(26-16)25-15-5-8-21-17(20)11-15/h4-11,14H,3,12H2,1-2H3,(H,22,24)(H,21,23,25,26). The van der Waals surface area contributed by atoms with Crippen LogP contribution in [0.5, 0.6) is 0 Å². The molecule has 0 amide bonds. The van der Waals surface area contributed by atoms with Gasteiger partial charge >= 0.3 is 0 Å². The van der Waals surface area contributed by atoms with Gasteiger partial charge in [-0.05, 0) is 36.8 Å². The van der Waals surface area contributed by atoms with Gasteiger partial charge in [0.05, 0.1) is 18.3 Å². The summed E-state index contributed by atoms with van der Waals surface area (Å²) in [6, 6.07) is 9.46. The molecule has 8 heteroatoms. The van der Waals surface area contributed by atoms with E-state index in [4.69, 9.17) is 16.3 Å². The van der Waals surface area contributed by atoms with Crippen LogP contribution in [0.3, 0.4) is 0 Å². The van der Waals surface area contributed by atoms with Crippen molar-refractivity contribution in [2.45, 2.75) is 19.4 Å². The summed E-state index contributed by atoms with van der Waals surface area (Å²) in [5.41, 5.74) is 2.51. The van der Waals surface area contributed by atoms with Gasteiger partial charge in [0.15, 0.2) is 0 Å². The van der Waals surface area contributed by atoms with E-state index >= 15 is 0 Å². The molecule has 1 atom stereocenters. The van der Waals surface area contributed by atoms with Gasteiger partial charge in [0.2, 0.25) is 5.95 Å². The molecule has 1 unspecified atom stereocenters. The first-order chi connectivity index (χ1) is 13.2. The molecule has 0 saturated heterocycles. The molecule has 0 saturated carbocycles. The van der Waals surface area contributed by atoms with Crippen molar-refractivity contribution in [3.63, 3.8) is 0 Å². The van der Waals surface area contributed by atoms with Crippen LogP contribution in [0.2, 0.25) is 5.15 Å². The Bertz CT molecular complexity index is 891. The molecule has 3 aromatic heterocycles. The van der Waals surface area contributed by atoms with Crippen molar-refractivity contribution in [3.05, 3.63) is 54.1 Å². The molecule has 3 heterocycles. The van der Waals surface area contributed by atoms with Crippen molar-refractivity contribution >= 4 is 29.1 Å². The van der Waals surface area contributed by atoms with Crippen molar-refractivity contribution in [1.82, 2.24) is 19.9 Å². The molecule has 7 nitrogen and oxygen atoms in total. The number of rotatable bonds is 8. The Balaban J connectivity index is 1.79. The molecule has 0 aromatic carbocycles. The summed E-state index contributed by atoms with van der Waals surface area (Å²) in [6.07, 6.45) is 6.03. The van der Waals surface area contributed by atoms with Crippen LogP contribution in [0.4, 0.5) is 17.5 Å². The molecule has 0 aliphatic carbocycles. The first-order valence-electron chi connectivity index (χ1n) is 8.61. The second-order valence-corrected chi connectivity index (χ2v) is 6.28. The minimum atomic E-state index is 0.205. The molecule has 140 valence electrons. The number of hydrogen-bond acceptors (Lipinski definition) is 7. The first-order valence-corrected chi connectivity index (χ1v) is 8.99. The van der Waals surface area contributed by atoms with Gasteiger partial charge < -0.3 is 15.4 Å². The van der Waals surface area contributed by atoms with E-state index in [0.717, 1.165) is 29.2 Å². The lowest BCUT2D eigenvalue weighted by atomic mass is 10.2. The van der Waals surface area contributed by atoms with Crippen LogP contribution in [0, 0.1) is 0 Å². The summed E-state index contributed by atoms with van der Waals surface area (Å²) in [5.74, 6) is 1.26. The molecule has 0 bridgehead atoms. The number of methoxy groups -OCH3 is 1. The molecular formula is C19H21ClN6O. The Morgan fingerprint density at radius 3 is 2.67 bits per heavy atom. The van der Waals surface area contributed by atoms with Crippen molar-refractivity contribution in [1.29, 1.82) is 0 Å². The zero-order valence-corrected chi connectivity index (χ0v) is 15.9. The van der Waals surface area contributed by atoms with Gasteiger partial charge in [-0.3, -0.25) is 0 Å². The molecule has 0 spiro atoms. The Kier molecular flexibility index (Phi) is 6.51. The van der Waals surface area contributed by atoms with Gasteiger partial charge in [0, 0.05) is 37.0 Å². The van der Waals surface area contributed by atoms with Crippen LogP contribution in [0.25, 0.3) is 11.3 Å². The normalized spacial score (nSPS) is 11.8. The molecule has 0 aliphatic rings. The molecular weight excluding hydrogens is 364 g/mol. The smallest absolute Gasteiger partial charge is 0.227 e. The van der Waals surface area contributed by atoms with Crippen molar-refractivity contribution in [2.75, 3.05) is 24.4 Å². The molecule has 0 aliphatic heterocycles. The first kappa shape index (κ1) is 19.0. The van der Waals surface area contributed by atoms with Crippen LogP contribution in [0.15, 0.2) is 48.9 Å². The molecule has 0 fully saturated rings. The van der Waals surface area contributed by atoms with E-state index in [-0.39, 0.29) is 6.04 Å². The Hall–Kier alpha value is -2.77. The van der Waals surface area contributed by atoms with Gasteiger partial charge in [0.25, 0.3) is 0 Å². The molecule has 3 rings (SSSR count). The Morgan fingerprint density at radius 1 is 1.07 bits per heavy atom. The van der Waals surface area contributed by atoms with Gasteiger partial charge in [0.1, 0.15) is 11.0 Å². The van der Waals surface area contributed by atoms with Crippen LogP contribution in [-0.2, 0) is 4.74 Å². The number of ether oxygens (including phenoxy) is 1. The molecule has 0 radical (unpaired) electrons. The number of pyridine rings is 2. The third-order valence-electron chi connectivity index (χ3n) is 3.91. The van der Waals surface area contributed by atoms with Crippen molar-refractivity contribution in [2.24, 2.45) is 0 Å². The monoisotopic (exact) mass is 384 g/mol. The number of nitrogens with zero attached hydrogens (tertiary/aromatic N) is 4. The molecule has 2 N–H and O–H groups in total. The zero-order valence-electron chi connectivity index (χ0n) is 15.2. The van der Waals surface area contributed by atoms with E-state index in [1.54, 1.807) is 37.8 Å². The summed E-state index contributed by atoms with van der Waals surface area (Å²) < 4.78 is 5.23. The maximum absolute atomic E-state index is 5.92. The van der Waals surface area contributed by atoms with E-state index in [9.17, 15) is 0 Å². The van der Waals surface area contributed by atoms with E-state index in [2.05, 4.69) is 37.5 Å². The third kappa shape index (κ3) is 5.35. The lowest BCUT2D eigenvalue weighted by Gasteiger charge is -2.17. The Labute approximate surface area is 163 Å². The summed E-state index contributed by atoms with van der Waals surface area (Å²) in [7, 11) is 1.69. The highest BCUT2D eigenvalue weighted by atomic mass is 35.5. The highest BCUT2D eigenvalue weighted by Crippen LogP contribution is 2.22. The van der Waals surface area contributed by atoms with Gasteiger partial charge in [-0.2, -0.15) is 0 Å². The number of halogens is 1. The number of anilines is 3. The Morgan fingerprint density at radius 2 is 1.89 bits per heavy atom. The molecule has 27 heavy (non-hydrogen) atoms. The summed E-state index contributed by atoms with van der Waals surface area (Å²) in [4.78, 5) is 17.2. The van der Waals surface area contributed by atoms with Crippen LogP contribution < -0.4 is 10.6 Å². The van der Waals surface area contributed by atoms with Gasteiger partial charge in [-0.1, -0.05) is 18.5 Å². The average molecular weight is 385 g/mol. The highest BCUT2D eigenvalue weighted by molar-refractivity contribution is 6.29. The number of aromatic nitrogens is 4. The van der Waals surface area contributed by atoms with Crippen LogP contribution in [0.1, 0.15) is 13.3 Å². The summed E-state index contributed by atoms with van der Waals surface area (Å²) in [6.45, 7) is 2.73. The van der Waals surface area contributed by atoms with Gasteiger partial charge in [-0.25, -0.2) is 19.9 Å². The largest absolute Gasteiger partial charge is 0.383 e. The molecule has 3 aromatic rings. The quantitative estimate of drug-likeness (QED) is 0.564. The number of nitrogens with one attached hydrogen (secondary N) is 2. The lowest BCUT2D eigenvalue weighted by molar-refractivity contribution is 0.184. The van der Waals surface area contributed by atoms with E-state index in [1.807, 2.05) is 18.2 Å². The van der Waals surface area contributed by atoms with Crippen LogP contribution >= 0.6 is 11.6 Å². The fourth-order valence-electron chi connectivity index (χ4n) is 2.53. The number of hydrogen-bond donors (Lipinski definition) is 2. The third-order valence-corrected chi connectivity index (χ3v) is 4.11.